The Morgan fingerprint density at radius 2 is 2.15 bits per heavy atom. The van der Waals surface area contributed by atoms with Crippen LogP contribution in [0.15, 0.2) is 33.9 Å². The molecule has 3 N–H and O–H groups in total. The molecule has 8 heteroatoms. The van der Waals surface area contributed by atoms with Gasteiger partial charge in [-0.25, -0.2) is 8.42 Å². The van der Waals surface area contributed by atoms with Crippen molar-refractivity contribution in [2.75, 3.05) is 11.8 Å². The first-order valence-corrected chi connectivity index (χ1v) is 8.34. The third-order valence-electron chi connectivity index (χ3n) is 2.53. The maximum absolute atomic E-state index is 12.2. The van der Waals surface area contributed by atoms with E-state index in [4.69, 9.17) is 22.1 Å². The van der Waals surface area contributed by atoms with Crippen LogP contribution in [0.5, 0.6) is 5.75 Å². The van der Waals surface area contributed by atoms with E-state index in [1.54, 1.807) is 23.6 Å². The zero-order valence-corrected chi connectivity index (χ0v) is 13.0. The van der Waals surface area contributed by atoms with Crippen molar-refractivity contribution < 1.29 is 13.2 Å². The van der Waals surface area contributed by atoms with Crippen molar-refractivity contribution in [1.82, 2.24) is 0 Å². The highest BCUT2D eigenvalue weighted by atomic mass is 35.5. The summed E-state index contributed by atoms with van der Waals surface area (Å²) in [5, 5.41) is 2.05. The second-order valence-electron chi connectivity index (χ2n) is 3.93. The van der Waals surface area contributed by atoms with Gasteiger partial charge in [0, 0.05) is 6.54 Å². The van der Waals surface area contributed by atoms with Crippen LogP contribution in [-0.4, -0.2) is 15.5 Å². The molecular weight excluding hydrogens is 320 g/mol. The third-order valence-corrected chi connectivity index (χ3v) is 5.70. The molecule has 0 saturated carbocycles. The fraction of sp³-hybridized carbons (Fsp3) is 0.167. The SMILES string of the molecule is COc1ccc(NS(=O)(=O)c2cc(CN)cs2)cc1Cl. The number of thiophene rings is 1. The molecule has 20 heavy (non-hydrogen) atoms. The van der Waals surface area contributed by atoms with E-state index >= 15 is 0 Å². The molecule has 0 spiro atoms. The third kappa shape index (κ3) is 3.24. The summed E-state index contributed by atoms with van der Waals surface area (Å²) in [5.41, 5.74) is 6.63. The molecule has 5 nitrogen and oxygen atoms in total. The molecule has 0 aliphatic carbocycles. The fourth-order valence-electron chi connectivity index (χ4n) is 1.54. The number of benzene rings is 1. The minimum atomic E-state index is -3.63. The molecule has 0 radical (unpaired) electrons. The summed E-state index contributed by atoms with van der Waals surface area (Å²) >= 11 is 7.08. The van der Waals surface area contributed by atoms with Crippen molar-refractivity contribution in [2.24, 2.45) is 5.73 Å². The highest BCUT2D eigenvalue weighted by Gasteiger charge is 2.17. The Bertz CT molecular complexity index is 713. The maximum atomic E-state index is 12.2. The first kappa shape index (κ1) is 15.1. The number of anilines is 1. The Balaban J connectivity index is 2.26. The molecule has 108 valence electrons. The van der Waals surface area contributed by atoms with Gasteiger partial charge in [-0.05, 0) is 35.2 Å². The van der Waals surface area contributed by atoms with Crippen LogP contribution in [0.1, 0.15) is 5.56 Å². The largest absolute Gasteiger partial charge is 0.495 e. The average molecular weight is 333 g/mol. The minimum Gasteiger partial charge on any atom is -0.495 e. The van der Waals surface area contributed by atoms with Gasteiger partial charge in [0.25, 0.3) is 10.0 Å². The minimum absolute atomic E-state index is 0.213. The number of methoxy groups -OCH3 is 1. The van der Waals surface area contributed by atoms with Crippen molar-refractivity contribution in [3.63, 3.8) is 0 Å². The Labute approximate surface area is 126 Å². The Morgan fingerprint density at radius 3 is 2.70 bits per heavy atom. The van der Waals surface area contributed by atoms with E-state index in [0.29, 0.717) is 23.0 Å². The van der Waals surface area contributed by atoms with Gasteiger partial charge in [0.15, 0.2) is 0 Å². The fourth-order valence-corrected chi connectivity index (χ4v) is 4.07. The maximum Gasteiger partial charge on any atom is 0.271 e. The molecular formula is C12H13ClN2O3S2. The topological polar surface area (TPSA) is 81.4 Å². The normalized spacial score (nSPS) is 11.3. The molecule has 0 fully saturated rings. The second-order valence-corrected chi connectivity index (χ2v) is 7.16. The van der Waals surface area contributed by atoms with E-state index in [0.717, 1.165) is 16.9 Å². The van der Waals surface area contributed by atoms with Crippen molar-refractivity contribution >= 4 is 38.6 Å². The molecule has 0 unspecified atom stereocenters. The van der Waals surface area contributed by atoms with E-state index in [-0.39, 0.29) is 4.21 Å². The van der Waals surface area contributed by atoms with Crippen LogP contribution in [0.2, 0.25) is 5.02 Å². The molecule has 0 atom stereocenters. The Hall–Kier alpha value is -1.28. The van der Waals surface area contributed by atoms with Crippen LogP contribution in [0, 0.1) is 0 Å². The lowest BCUT2D eigenvalue weighted by molar-refractivity contribution is 0.415. The molecule has 0 amide bonds. The Kier molecular flexibility index (Phi) is 4.54. The van der Waals surface area contributed by atoms with Crippen molar-refractivity contribution in [3.8, 4) is 5.75 Å². The molecule has 1 heterocycles. The first-order valence-electron chi connectivity index (χ1n) is 5.60. The van der Waals surface area contributed by atoms with Gasteiger partial charge < -0.3 is 10.5 Å². The van der Waals surface area contributed by atoms with Crippen molar-refractivity contribution in [2.45, 2.75) is 10.8 Å². The number of rotatable bonds is 5. The predicted molar refractivity (Wildman–Crippen MR) is 81.0 cm³/mol. The number of nitrogens with one attached hydrogen (secondary N) is 1. The van der Waals surface area contributed by atoms with Gasteiger partial charge in [-0.1, -0.05) is 11.6 Å². The number of halogens is 1. The highest BCUT2D eigenvalue weighted by molar-refractivity contribution is 7.94. The van der Waals surface area contributed by atoms with Crippen molar-refractivity contribution in [1.29, 1.82) is 0 Å². The molecule has 1 aromatic heterocycles. The molecule has 0 saturated heterocycles. The zero-order valence-electron chi connectivity index (χ0n) is 10.6. The monoisotopic (exact) mass is 332 g/mol. The number of nitrogens with two attached hydrogens (primary N) is 1. The number of hydrogen-bond donors (Lipinski definition) is 2. The molecule has 2 rings (SSSR count). The first-order chi connectivity index (χ1) is 9.46. The van der Waals surface area contributed by atoms with Crippen LogP contribution in [-0.2, 0) is 16.6 Å². The van der Waals surface area contributed by atoms with Gasteiger partial charge in [0.05, 0.1) is 17.8 Å². The Morgan fingerprint density at radius 1 is 1.40 bits per heavy atom. The van der Waals surface area contributed by atoms with Gasteiger partial charge in [-0.15, -0.1) is 11.3 Å². The summed E-state index contributed by atoms with van der Waals surface area (Å²) in [7, 11) is -2.13. The summed E-state index contributed by atoms with van der Waals surface area (Å²) < 4.78 is 32.1. The standard InChI is InChI=1S/C12H13ClN2O3S2/c1-18-11-3-2-9(5-10(11)13)15-20(16,17)12-4-8(6-14)7-19-12/h2-5,7,15H,6,14H2,1H3. The summed E-state index contributed by atoms with van der Waals surface area (Å²) in [5.74, 6) is 0.483. The van der Waals surface area contributed by atoms with Gasteiger partial charge in [0.1, 0.15) is 9.96 Å². The average Bonchev–Trinajstić information content (AvgIpc) is 2.88. The van der Waals surface area contributed by atoms with Gasteiger partial charge in [0.2, 0.25) is 0 Å². The summed E-state index contributed by atoms with van der Waals surface area (Å²) in [4.78, 5) is 0. The van der Waals surface area contributed by atoms with E-state index < -0.39 is 10.0 Å². The van der Waals surface area contributed by atoms with Crippen LogP contribution in [0.4, 0.5) is 5.69 Å². The van der Waals surface area contributed by atoms with E-state index in [2.05, 4.69) is 4.72 Å². The second kappa shape index (κ2) is 6.01. The van der Waals surface area contributed by atoms with Crippen LogP contribution >= 0.6 is 22.9 Å². The highest BCUT2D eigenvalue weighted by Crippen LogP contribution is 2.29. The molecule has 0 aliphatic rings. The van der Waals surface area contributed by atoms with Gasteiger partial charge in [-0.3, -0.25) is 4.72 Å². The number of ether oxygens (including phenoxy) is 1. The van der Waals surface area contributed by atoms with E-state index in [1.807, 2.05) is 0 Å². The quantitative estimate of drug-likeness (QED) is 0.882. The molecule has 0 aliphatic heterocycles. The van der Waals surface area contributed by atoms with Crippen molar-refractivity contribution in [3.05, 3.63) is 40.2 Å². The van der Waals surface area contributed by atoms with Crippen LogP contribution in [0.25, 0.3) is 0 Å². The van der Waals surface area contributed by atoms with Gasteiger partial charge >= 0.3 is 0 Å². The summed E-state index contributed by atoms with van der Waals surface area (Å²) in [6.07, 6.45) is 0. The number of hydrogen-bond acceptors (Lipinski definition) is 5. The summed E-state index contributed by atoms with van der Waals surface area (Å²) in [6, 6.07) is 6.23. The lowest BCUT2D eigenvalue weighted by Crippen LogP contribution is -2.11. The van der Waals surface area contributed by atoms with Crippen LogP contribution in [0.3, 0.4) is 0 Å². The van der Waals surface area contributed by atoms with E-state index in [9.17, 15) is 8.42 Å². The van der Waals surface area contributed by atoms with E-state index in [1.165, 1.54) is 13.2 Å². The number of sulfonamides is 1. The molecule has 1 aromatic carbocycles. The zero-order chi connectivity index (χ0) is 14.8. The predicted octanol–water partition coefficient (Wildman–Crippen LogP) is 2.67. The summed E-state index contributed by atoms with van der Waals surface area (Å²) in [6.45, 7) is 0.306. The lowest BCUT2D eigenvalue weighted by atomic mass is 10.3. The molecule has 2 aromatic rings. The lowest BCUT2D eigenvalue weighted by Gasteiger charge is -2.08. The molecule has 0 bridgehead atoms. The van der Waals surface area contributed by atoms with Crippen LogP contribution < -0.4 is 15.2 Å². The smallest absolute Gasteiger partial charge is 0.271 e. The van der Waals surface area contributed by atoms with Gasteiger partial charge in [-0.2, -0.15) is 0 Å².